The van der Waals surface area contributed by atoms with Gasteiger partial charge in [0.2, 0.25) is 0 Å². The van der Waals surface area contributed by atoms with Gasteiger partial charge in [-0.3, -0.25) is 4.79 Å². The Balaban J connectivity index is 1.91. The number of hydrogen-bond acceptors (Lipinski definition) is 4. The van der Waals surface area contributed by atoms with Crippen molar-refractivity contribution >= 4 is 11.8 Å². The Kier molecular flexibility index (Phi) is 3.56. The fourth-order valence-electron chi connectivity index (χ4n) is 2.22. The topological polar surface area (TPSA) is 66.3 Å². The third-order valence-corrected chi connectivity index (χ3v) is 3.17. The normalized spacial score (nSPS) is 19.6. The molecule has 0 aliphatic carbocycles. The van der Waals surface area contributed by atoms with Crippen molar-refractivity contribution in [2.24, 2.45) is 5.92 Å². The zero-order valence-corrected chi connectivity index (χ0v) is 9.96. The summed E-state index contributed by atoms with van der Waals surface area (Å²) in [4.78, 5) is 21.1. The number of carboxylic acid groups (broad SMARTS) is 1. The van der Waals surface area contributed by atoms with Crippen LogP contribution in [0.5, 0.6) is 0 Å². The molecule has 1 aromatic rings. The molecule has 0 saturated carbocycles. The summed E-state index contributed by atoms with van der Waals surface area (Å²) in [5.41, 5.74) is 0.962. The van der Waals surface area contributed by atoms with E-state index in [9.17, 15) is 4.79 Å². The van der Waals surface area contributed by atoms with Crippen LogP contribution in [0.3, 0.4) is 0 Å². The predicted octanol–water partition coefficient (Wildman–Crippen LogP) is 1.48. The molecule has 92 valence electrons. The van der Waals surface area contributed by atoms with Gasteiger partial charge in [-0.2, -0.15) is 0 Å². The van der Waals surface area contributed by atoms with Gasteiger partial charge in [-0.25, -0.2) is 9.97 Å². The molecule has 0 amide bonds. The minimum absolute atomic E-state index is 0.265. The smallest absolute Gasteiger partial charge is 0.303 e. The van der Waals surface area contributed by atoms with Gasteiger partial charge in [-0.05, 0) is 25.7 Å². The standard InChI is InChI=1S/C12H17N3O2/c1-9-6-11(14-8-13-9)15-5-4-10(7-15)2-3-12(16)17/h6,8,10H,2-5,7H2,1H3,(H,16,17). The maximum Gasteiger partial charge on any atom is 0.303 e. The molecular formula is C12H17N3O2. The number of nitrogens with zero attached hydrogens (tertiary/aromatic N) is 3. The van der Waals surface area contributed by atoms with E-state index in [-0.39, 0.29) is 6.42 Å². The molecule has 2 heterocycles. The van der Waals surface area contributed by atoms with E-state index in [4.69, 9.17) is 5.11 Å². The summed E-state index contributed by atoms with van der Waals surface area (Å²) in [6.45, 7) is 3.81. The Morgan fingerprint density at radius 1 is 1.59 bits per heavy atom. The Labute approximate surface area is 100 Å². The molecule has 0 radical (unpaired) electrons. The van der Waals surface area contributed by atoms with Crippen molar-refractivity contribution < 1.29 is 9.90 Å². The summed E-state index contributed by atoms with van der Waals surface area (Å²) in [6, 6.07) is 1.97. The Hall–Kier alpha value is -1.65. The third kappa shape index (κ3) is 3.15. The minimum Gasteiger partial charge on any atom is -0.481 e. The van der Waals surface area contributed by atoms with Crippen LogP contribution < -0.4 is 4.90 Å². The Bertz CT molecular complexity index is 408. The lowest BCUT2D eigenvalue weighted by Crippen LogP contribution is -2.21. The number of aromatic nitrogens is 2. The summed E-state index contributed by atoms with van der Waals surface area (Å²) < 4.78 is 0. The monoisotopic (exact) mass is 235 g/mol. The first kappa shape index (κ1) is 11.8. The quantitative estimate of drug-likeness (QED) is 0.856. The molecule has 1 saturated heterocycles. The summed E-state index contributed by atoms with van der Waals surface area (Å²) in [6.07, 6.45) is 3.66. The van der Waals surface area contributed by atoms with Gasteiger partial charge in [0.05, 0.1) is 0 Å². The first-order valence-corrected chi connectivity index (χ1v) is 5.90. The van der Waals surface area contributed by atoms with Crippen molar-refractivity contribution in [2.75, 3.05) is 18.0 Å². The maximum absolute atomic E-state index is 10.5. The molecule has 1 aromatic heterocycles. The lowest BCUT2D eigenvalue weighted by molar-refractivity contribution is -0.137. The van der Waals surface area contributed by atoms with Crippen molar-refractivity contribution in [1.82, 2.24) is 9.97 Å². The zero-order valence-electron chi connectivity index (χ0n) is 9.96. The summed E-state index contributed by atoms with van der Waals surface area (Å²) in [5.74, 6) is 0.720. The number of hydrogen-bond donors (Lipinski definition) is 1. The van der Waals surface area contributed by atoms with E-state index in [1.54, 1.807) is 6.33 Å². The molecule has 1 unspecified atom stereocenters. The van der Waals surface area contributed by atoms with Crippen LogP contribution in [0.25, 0.3) is 0 Å². The number of aryl methyl sites for hydroxylation is 1. The molecule has 1 fully saturated rings. The van der Waals surface area contributed by atoms with Crippen LogP contribution in [0.15, 0.2) is 12.4 Å². The maximum atomic E-state index is 10.5. The van der Waals surface area contributed by atoms with Crippen molar-refractivity contribution in [3.63, 3.8) is 0 Å². The lowest BCUT2D eigenvalue weighted by Gasteiger charge is -2.17. The van der Waals surface area contributed by atoms with Crippen molar-refractivity contribution in [1.29, 1.82) is 0 Å². The largest absolute Gasteiger partial charge is 0.481 e. The van der Waals surface area contributed by atoms with E-state index in [1.807, 2.05) is 13.0 Å². The van der Waals surface area contributed by atoms with Crippen LogP contribution in [-0.4, -0.2) is 34.1 Å². The van der Waals surface area contributed by atoms with Crippen molar-refractivity contribution in [3.05, 3.63) is 18.1 Å². The molecule has 0 aromatic carbocycles. The average molecular weight is 235 g/mol. The van der Waals surface area contributed by atoms with E-state index in [0.717, 1.165) is 37.4 Å². The fraction of sp³-hybridized carbons (Fsp3) is 0.583. The molecule has 1 aliphatic rings. The van der Waals surface area contributed by atoms with Crippen LogP contribution in [0.1, 0.15) is 25.0 Å². The SMILES string of the molecule is Cc1cc(N2CCC(CCC(=O)O)C2)ncn1. The molecule has 2 rings (SSSR count). The van der Waals surface area contributed by atoms with Gasteiger partial charge in [-0.1, -0.05) is 0 Å². The van der Waals surface area contributed by atoms with Crippen LogP contribution >= 0.6 is 0 Å². The molecule has 1 aliphatic heterocycles. The summed E-state index contributed by atoms with van der Waals surface area (Å²) in [7, 11) is 0. The highest BCUT2D eigenvalue weighted by atomic mass is 16.4. The van der Waals surface area contributed by atoms with Crippen LogP contribution in [0.2, 0.25) is 0 Å². The first-order valence-electron chi connectivity index (χ1n) is 5.90. The molecule has 17 heavy (non-hydrogen) atoms. The predicted molar refractivity (Wildman–Crippen MR) is 64.0 cm³/mol. The Morgan fingerprint density at radius 2 is 2.41 bits per heavy atom. The number of aliphatic carboxylic acids is 1. The molecular weight excluding hydrogens is 218 g/mol. The number of carboxylic acids is 1. The average Bonchev–Trinajstić information content (AvgIpc) is 2.75. The van der Waals surface area contributed by atoms with E-state index in [1.165, 1.54) is 0 Å². The summed E-state index contributed by atoms with van der Waals surface area (Å²) >= 11 is 0. The van der Waals surface area contributed by atoms with Crippen molar-refractivity contribution in [2.45, 2.75) is 26.2 Å². The highest BCUT2D eigenvalue weighted by Crippen LogP contribution is 2.25. The Morgan fingerprint density at radius 3 is 3.12 bits per heavy atom. The van der Waals surface area contributed by atoms with Gasteiger partial charge in [-0.15, -0.1) is 0 Å². The molecule has 5 heteroatoms. The first-order chi connectivity index (χ1) is 8.15. The van der Waals surface area contributed by atoms with E-state index < -0.39 is 5.97 Å². The molecule has 5 nitrogen and oxygen atoms in total. The highest BCUT2D eigenvalue weighted by molar-refractivity contribution is 5.66. The minimum atomic E-state index is -0.707. The second-order valence-corrected chi connectivity index (χ2v) is 4.55. The molecule has 1 N–H and O–H groups in total. The van der Waals surface area contributed by atoms with E-state index in [2.05, 4.69) is 14.9 Å². The van der Waals surface area contributed by atoms with Gasteiger partial charge in [0.25, 0.3) is 0 Å². The third-order valence-electron chi connectivity index (χ3n) is 3.17. The fourth-order valence-corrected chi connectivity index (χ4v) is 2.22. The van der Waals surface area contributed by atoms with Gasteiger partial charge in [0.1, 0.15) is 12.1 Å². The zero-order chi connectivity index (χ0) is 12.3. The van der Waals surface area contributed by atoms with Gasteiger partial charge < -0.3 is 10.0 Å². The van der Waals surface area contributed by atoms with Crippen LogP contribution in [0.4, 0.5) is 5.82 Å². The van der Waals surface area contributed by atoms with Gasteiger partial charge in [0, 0.05) is 31.3 Å². The number of carbonyl (C=O) groups is 1. The molecule has 1 atom stereocenters. The number of anilines is 1. The van der Waals surface area contributed by atoms with Crippen LogP contribution in [-0.2, 0) is 4.79 Å². The highest BCUT2D eigenvalue weighted by Gasteiger charge is 2.23. The van der Waals surface area contributed by atoms with E-state index >= 15 is 0 Å². The summed E-state index contributed by atoms with van der Waals surface area (Å²) in [5, 5.41) is 8.66. The molecule has 0 spiro atoms. The van der Waals surface area contributed by atoms with Gasteiger partial charge in [0.15, 0.2) is 0 Å². The second-order valence-electron chi connectivity index (χ2n) is 4.55. The van der Waals surface area contributed by atoms with E-state index in [0.29, 0.717) is 5.92 Å². The van der Waals surface area contributed by atoms with Crippen LogP contribution in [0, 0.1) is 12.8 Å². The second kappa shape index (κ2) is 5.12. The van der Waals surface area contributed by atoms with Crippen molar-refractivity contribution in [3.8, 4) is 0 Å². The number of rotatable bonds is 4. The van der Waals surface area contributed by atoms with Gasteiger partial charge >= 0.3 is 5.97 Å². The lowest BCUT2D eigenvalue weighted by atomic mass is 10.0. The molecule has 0 bridgehead atoms.